The number of hydrogen-bond donors (Lipinski definition) is 2. The third kappa shape index (κ3) is 4.76. The molecule has 0 radical (unpaired) electrons. The van der Waals surface area contributed by atoms with Crippen LogP contribution < -0.4 is 10.6 Å². The fourth-order valence-electron chi connectivity index (χ4n) is 3.68. The van der Waals surface area contributed by atoms with Gasteiger partial charge in [-0.1, -0.05) is 20.8 Å². The van der Waals surface area contributed by atoms with Crippen molar-refractivity contribution in [3.63, 3.8) is 0 Å². The number of carbonyl (C=O) groups is 1. The summed E-state index contributed by atoms with van der Waals surface area (Å²) in [6.45, 7) is 9.93. The van der Waals surface area contributed by atoms with Crippen molar-refractivity contribution >= 4 is 5.91 Å². The van der Waals surface area contributed by atoms with E-state index in [0.717, 1.165) is 25.6 Å². The van der Waals surface area contributed by atoms with Crippen molar-refractivity contribution in [3.8, 4) is 0 Å². The molecule has 0 aromatic heterocycles. The Morgan fingerprint density at radius 3 is 2.65 bits per heavy atom. The highest BCUT2D eigenvalue weighted by Crippen LogP contribution is 2.50. The Hall–Kier alpha value is -0.570. The second-order valence-corrected chi connectivity index (χ2v) is 7.66. The zero-order chi connectivity index (χ0) is 14.6. The van der Waals surface area contributed by atoms with E-state index >= 15 is 0 Å². The van der Waals surface area contributed by atoms with Gasteiger partial charge in [0.15, 0.2) is 0 Å². The smallest absolute Gasteiger partial charge is 0.220 e. The van der Waals surface area contributed by atoms with Crippen LogP contribution in [0.3, 0.4) is 0 Å². The average molecular weight is 280 g/mol. The SMILES string of the molecule is CC(C)CC1(CNC(=O)CC(C)C2CCCNC2)CC1. The number of hydrogen-bond acceptors (Lipinski definition) is 2. The van der Waals surface area contributed by atoms with E-state index in [2.05, 4.69) is 31.4 Å². The lowest BCUT2D eigenvalue weighted by Gasteiger charge is -2.28. The van der Waals surface area contributed by atoms with Gasteiger partial charge in [-0.15, -0.1) is 0 Å². The van der Waals surface area contributed by atoms with Crippen LogP contribution in [-0.4, -0.2) is 25.5 Å². The highest BCUT2D eigenvalue weighted by molar-refractivity contribution is 5.76. The van der Waals surface area contributed by atoms with Crippen molar-refractivity contribution in [3.05, 3.63) is 0 Å². The summed E-state index contributed by atoms with van der Waals surface area (Å²) in [7, 11) is 0. The van der Waals surface area contributed by atoms with Gasteiger partial charge in [0.2, 0.25) is 5.91 Å². The summed E-state index contributed by atoms with van der Waals surface area (Å²) in [5.41, 5.74) is 0.444. The number of nitrogens with one attached hydrogen (secondary N) is 2. The summed E-state index contributed by atoms with van der Waals surface area (Å²) >= 11 is 0. The molecule has 2 rings (SSSR count). The van der Waals surface area contributed by atoms with Gasteiger partial charge in [0.1, 0.15) is 0 Å². The van der Waals surface area contributed by atoms with E-state index in [1.807, 2.05) is 0 Å². The second-order valence-electron chi connectivity index (χ2n) is 7.66. The Morgan fingerprint density at radius 1 is 1.35 bits per heavy atom. The molecule has 2 aliphatic rings. The highest BCUT2D eigenvalue weighted by Gasteiger charge is 2.42. The molecule has 0 aromatic carbocycles. The van der Waals surface area contributed by atoms with Crippen molar-refractivity contribution in [1.82, 2.24) is 10.6 Å². The topological polar surface area (TPSA) is 41.1 Å². The Labute approximate surface area is 124 Å². The lowest BCUT2D eigenvalue weighted by atomic mass is 9.85. The molecule has 0 spiro atoms. The van der Waals surface area contributed by atoms with Gasteiger partial charge in [0.05, 0.1) is 0 Å². The van der Waals surface area contributed by atoms with E-state index in [1.165, 1.54) is 32.1 Å². The molecule has 1 aliphatic heterocycles. The minimum Gasteiger partial charge on any atom is -0.356 e. The predicted molar refractivity (Wildman–Crippen MR) is 83.5 cm³/mol. The fourth-order valence-corrected chi connectivity index (χ4v) is 3.68. The van der Waals surface area contributed by atoms with Gasteiger partial charge in [-0.3, -0.25) is 4.79 Å². The van der Waals surface area contributed by atoms with Gasteiger partial charge in [0, 0.05) is 13.0 Å². The Balaban J connectivity index is 1.67. The zero-order valence-corrected chi connectivity index (χ0v) is 13.5. The van der Waals surface area contributed by atoms with Gasteiger partial charge in [0.25, 0.3) is 0 Å². The molecule has 0 bridgehead atoms. The lowest BCUT2D eigenvalue weighted by Crippen LogP contribution is -2.37. The molecular weight excluding hydrogens is 248 g/mol. The van der Waals surface area contributed by atoms with Crippen LogP contribution in [-0.2, 0) is 4.79 Å². The molecule has 1 amide bonds. The number of amides is 1. The molecule has 1 heterocycles. The van der Waals surface area contributed by atoms with Gasteiger partial charge >= 0.3 is 0 Å². The normalized spacial score (nSPS) is 26.3. The van der Waals surface area contributed by atoms with Gasteiger partial charge < -0.3 is 10.6 Å². The second kappa shape index (κ2) is 6.93. The Morgan fingerprint density at radius 2 is 2.10 bits per heavy atom. The van der Waals surface area contributed by atoms with Gasteiger partial charge in [-0.05, 0) is 68.4 Å². The predicted octanol–water partition coefficient (Wildman–Crippen LogP) is 2.95. The quantitative estimate of drug-likeness (QED) is 0.753. The minimum absolute atomic E-state index is 0.262. The van der Waals surface area contributed by atoms with Crippen LogP contribution in [0.5, 0.6) is 0 Å². The molecule has 3 nitrogen and oxygen atoms in total. The van der Waals surface area contributed by atoms with Crippen LogP contribution >= 0.6 is 0 Å². The van der Waals surface area contributed by atoms with E-state index < -0.39 is 0 Å². The minimum atomic E-state index is 0.262. The fraction of sp³-hybridized carbons (Fsp3) is 0.941. The summed E-state index contributed by atoms with van der Waals surface area (Å²) in [6, 6.07) is 0. The van der Waals surface area contributed by atoms with E-state index in [-0.39, 0.29) is 5.91 Å². The van der Waals surface area contributed by atoms with E-state index in [1.54, 1.807) is 0 Å². The summed E-state index contributed by atoms with van der Waals surface area (Å²) in [5.74, 6) is 2.18. The molecule has 116 valence electrons. The van der Waals surface area contributed by atoms with Crippen LogP contribution in [0, 0.1) is 23.2 Å². The van der Waals surface area contributed by atoms with E-state index in [4.69, 9.17) is 0 Å². The number of carbonyl (C=O) groups excluding carboxylic acids is 1. The van der Waals surface area contributed by atoms with Crippen LogP contribution in [0.4, 0.5) is 0 Å². The van der Waals surface area contributed by atoms with Crippen LogP contribution in [0.25, 0.3) is 0 Å². The summed E-state index contributed by atoms with van der Waals surface area (Å²) in [5, 5.41) is 6.65. The molecule has 20 heavy (non-hydrogen) atoms. The summed E-state index contributed by atoms with van der Waals surface area (Å²) in [6.07, 6.45) is 7.09. The van der Waals surface area contributed by atoms with Crippen molar-refractivity contribution in [2.45, 2.75) is 59.3 Å². The van der Waals surface area contributed by atoms with E-state index in [9.17, 15) is 4.79 Å². The first-order chi connectivity index (χ1) is 9.51. The molecule has 3 heteroatoms. The first-order valence-electron chi connectivity index (χ1n) is 8.48. The number of piperidine rings is 1. The van der Waals surface area contributed by atoms with Crippen LogP contribution in [0.15, 0.2) is 0 Å². The first-order valence-corrected chi connectivity index (χ1v) is 8.48. The number of rotatable bonds is 7. The molecule has 2 atom stereocenters. The molecule has 2 fully saturated rings. The van der Waals surface area contributed by atoms with Crippen molar-refractivity contribution in [2.24, 2.45) is 23.2 Å². The molecule has 1 aliphatic carbocycles. The lowest BCUT2D eigenvalue weighted by molar-refractivity contribution is -0.122. The van der Waals surface area contributed by atoms with Crippen molar-refractivity contribution in [1.29, 1.82) is 0 Å². The first kappa shape index (κ1) is 15.8. The molecule has 2 unspecified atom stereocenters. The maximum absolute atomic E-state index is 12.1. The Kier molecular flexibility index (Phi) is 5.48. The maximum Gasteiger partial charge on any atom is 0.220 e. The average Bonchev–Trinajstić information content (AvgIpc) is 3.17. The molecule has 0 aromatic rings. The summed E-state index contributed by atoms with van der Waals surface area (Å²) in [4.78, 5) is 12.1. The van der Waals surface area contributed by atoms with Crippen LogP contribution in [0.2, 0.25) is 0 Å². The highest BCUT2D eigenvalue weighted by atomic mass is 16.1. The standard InChI is InChI=1S/C17H32N2O/c1-13(2)10-17(6-7-17)12-19-16(20)9-14(3)15-5-4-8-18-11-15/h13-15,18H,4-12H2,1-3H3,(H,19,20). The Bertz CT molecular complexity index is 317. The third-order valence-corrected chi connectivity index (χ3v) is 5.11. The third-order valence-electron chi connectivity index (χ3n) is 5.11. The van der Waals surface area contributed by atoms with Gasteiger partial charge in [-0.2, -0.15) is 0 Å². The molecule has 1 saturated heterocycles. The van der Waals surface area contributed by atoms with Crippen LogP contribution in [0.1, 0.15) is 59.3 Å². The summed E-state index contributed by atoms with van der Waals surface area (Å²) < 4.78 is 0. The van der Waals surface area contributed by atoms with Gasteiger partial charge in [-0.25, -0.2) is 0 Å². The van der Waals surface area contributed by atoms with Crippen molar-refractivity contribution < 1.29 is 4.79 Å². The largest absolute Gasteiger partial charge is 0.356 e. The monoisotopic (exact) mass is 280 g/mol. The maximum atomic E-state index is 12.1. The van der Waals surface area contributed by atoms with Crippen molar-refractivity contribution in [2.75, 3.05) is 19.6 Å². The molecular formula is C17H32N2O. The zero-order valence-electron chi connectivity index (χ0n) is 13.5. The molecule has 2 N–H and O–H groups in total. The van der Waals surface area contributed by atoms with E-state index in [0.29, 0.717) is 23.7 Å². The molecule has 1 saturated carbocycles.